The average Bonchev–Trinajstić information content (AvgIpc) is 3.01. The molecule has 1 heterocycles. The molecule has 2 aromatic carbocycles. The van der Waals surface area contributed by atoms with Crippen molar-refractivity contribution in [1.82, 2.24) is 4.72 Å². The van der Waals surface area contributed by atoms with Gasteiger partial charge in [-0.3, -0.25) is 9.59 Å². The van der Waals surface area contributed by atoms with E-state index in [4.69, 9.17) is 9.47 Å². The third-order valence-electron chi connectivity index (χ3n) is 3.34. The minimum absolute atomic E-state index is 0.0798. The van der Waals surface area contributed by atoms with Crippen LogP contribution in [-0.2, 0) is 14.8 Å². The van der Waals surface area contributed by atoms with E-state index in [0.29, 0.717) is 22.7 Å². The van der Waals surface area contributed by atoms with Crippen LogP contribution in [0.5, 0.6) is 11.5 Å². The molecule has 130 valence electrons. The minimum atomic E-state index is -3.91. The second-order valence-corrected chi connectivity index (χ2v) is 6.89. The van der Waals surface area contributed by atoms with E-state index in [0.717, 1.165) is 6.92 Å². The first-order valence-corrected chi connectivity index (χ1v) is 8.68. The topological polar surface area (TPSA) is 111 Å². The van der Waals surface area contributed by atoms with Gasteiger partial charge in [0.1, 0.15) is 0 Å². The molecule has 8 nitrogen and oxygen atoms in total. The number of hydrogen-bond acceptors (Lipinski definition) is 6. The fourth-order valence-corrected chi connectivity index (χ4v) is 3.20. The van der Waals surface area contributed by atoms with E-state index in [1.165, 1.54) is 24.3 Å². The molecule has 0 atom stereocenters. The zero-order valence-electron chi connectivity index (χ0n) is 13.1. The van der Waals surface area contributed by atoms with E-state index in [9.17, 15) is 18.0 Å². The second-order valence-electron chi connectivity index (χ2n) is 5.21. The number of amides is 2. The Morgan fingerprint density at radius 3 is 2.36 bits per heavy atom. The zero-order chi connectivity index (χ0) is 18.0. The summed E-state index contributed by atoms with van der Waals surface area (Å²) in [7, 11) is -3.91. The first-order chi connectivity index (χ1) is 11.8. The lowest BCUT2D eigenvalue weighted by Gasteiger charge is -2.08. The largest absolute Gasteiger partial charge is 0.454 e. The van der Waals surface area contributed by atoms with Crippen molar-refractivity contribution in [2.45, 2.75) is 11.8 Å². The van der Waals surface area contributed by atoms with Crippen LogP contribution in [0, 0.1) is 0 Å². The van der Waals surface area contributed by atoms with Gasteiger partial charge in [-0.1, -0.05) is 0 Å². The summed E-state index contributed by atoms with van der Waals surface area (Å²) in [5.41, 5.74) is 0.781. The Kier molecular flexibility index (Phi) is 4.32. The Bertz CT molecular complexity index is 938. The number of sulfonamides is 1. The summed E-state index contributed by atoms with van der Waals surface area (Å²) in [4.78, 5) is 23.1. The van der Waals surface area contributed by atoms with E-state index in [-0.39, 0.29) is 17.6 Å². The third kappa shape index (κ3) is 3.72. The van der Waals surface area contributed by atoms with Crippen LogP contribution in [-0.4, -0.2) is 27.0 Å². The molecule has 0 aliphatic carbocycles. The van der Waals surface area contributed by atoms with Crippen molar-refractivity contribution in [2.24, 2.45) is 0 Å². The number of nitrogens with one attached hydrogen (secondary N) is 2. The average molecular weight is 362 g/mol. The number of hydrogen-bond donors (Lipinski definition) is 2. The van der Waals surface area contributed by atoms with Crippen LogP contribution in [0.3, 0.4) is 0 Å². The van der Waals surface area contributed by atoms with E-state index in [1.807, 2.05) is 4.72 Å². The van der Waals surface area contributed by atoms with Crippen molar-refractivity contribution in [3.05, 3.63) is 48.0 Å². The maximum absolute atomic E-state index is 12.3. The Morgan fingerprint density at radius 1 is 1.00 bits per heavy atom. The molecule has 0 spiro atoms. The van der Waals surface area contributed by atoms with Crippen molar-refractivity contribution in [3.63, 3.8) is 0 Å². The minimum Gasteiger partial charge on any atom is -0.454 e. The molecule has 2 amide bonds. The fraction of sp³-hybridized carbons (Fsp3) is 0.125. The van der Waals surface area contributed by atoms with Crippen LogP contribution >= 0.6 is 0 Å². The van der Waals surface area contributed by atoms with Gasteiger partial charge >= 0.3 is 0 Å². The maximum atomic E-state index is 12.3. The molecule has 0 radical (unpaired) electrons. The highest BCUT2D eigenvalue weighted by atomic mass is 32.2. The number of ether oxygens (including phenoxy) is 2. The predicted octanol–water partition coefficient (Wildman–Crippen LogP) is 1.49. The number of rotatable bonds is 4. The Labute approximate surface area is 143 Å². The first-order valence-electron chi connectivity index (χ1n) is 7.19. The zero-order valence-corrected chi connectivity index (χ0v) is 13.9. The predicted molar refractivity (Wildman–Crippen MR) is 88.0 cm³/mol. The van der Waals surface area contributed by atoms with E-state index >= 15 is 0 Å². The van der Waals surface area contributed by atoms with Crippen molar-refractivity contribution >= 4 is 27.5 Å². The van der Waals surface area contributed by atoms with Crippen molar-refractivity contribution in [3.8, 4) is 11.5 Å². The van der Waals surface area contributed by atoms with Gasteiger partial charge in [-0.15, -0.1) is 0 Å². The maximum Gasteiger partial charge on any atom is 0.264 e. The van der Waals surface area contributed by atoms with Crippen LogP contribution in [0.1, 0.15) is 17.3 Å². The quantitative estimate of drug-likeness (QED) is 0.853. The van der Waals surface area contributed by atoms with Gasteiger partial charge in [0, 0.05) is 18.2 Å². The highest BCUT2D eigenvalue weighted by molar-refractivity contribution is 7.90. The summed E-state index contributed by atoms with van der Waals surface area (Å²) in [5.74, 6) is 0.00411. The fourth-order valence-electron chi connectivity index (χ4n) is 2.21. The van der Waals surface area contributed by atoms with Gasteiger partial charge in [-0.2, -0.15) is 0 Å². The standard InChI is InChI=1S/C16H14N2O6S/c1-10(19)18-25(21,22)13-5-3-12(4-6-13)17-16(20)11-2-7-14-15(8-11)24-9-23-14/h2-8H,9H2,1H3,(H,17,20)(H,18,19). The van der Waals surface area contributed by atoms with Gasteiger partial charge in [0.2, 0.25) is 12.7 Å². The first kappa shape index (κ1) is 16.8. The molecule has 0 fully saturated rings. The molecule has 0 unspecified atom stereocenters. The van der Waals surface area contributed by atoms with Gasteiger partial charge in [-0.05, 0) is 42.5 Å². The lowest BCUT2D eigenvalue weighted by molar-refractivity contribution is -0.117. The number of carbonyl (C=O) groups is 2. The molecule has 9 heteroatoms. The summed E-state index contributed by atoms with van der Waals surface area (Å²) >= 11 is 0. The molecule has 25 heavy (non-hydrogen) atoms. The molecule has 0 aromatic heterocycles. The number of anilines is 1. The monoisotopic (exact) mass is 362 g/mol. The molecule has 2 N–H and O–H groups in total. The lowest BCUT2D eigenvalue weighted by Crippen LogP contribution is -2.28. The summed E-state index contributed by atoms with van der Waals surface area (Å²) in [5, 5.41) is 2.65. The molecule has 1 aliphatic heterocycles. The smallest absolute Gasteiger partial charge is 0.264 e. The van der Waals surface area contributed by atoms with E-state index in [1.54, 1.807) is 18.2 Å². The van der Waals surface area contributed by atoms with Crippen molar-refractivity contribution in [1.29, 1.82) is 0 Å². The lowest BCUT2D eigenvalue weighted by atomic mass is 10.2. The van der Waals surface area contributed by atoms with Gasteiger partial charge in [0.15, 0.2) is 11.5 Å². The van der Waals surface area contributed by atoms with Crippen LogP contribution in [0.4, 0.5) is 5.69 Å². The Balaban J connectivity index is 1.73. The molecule has 2 aromatic rings. The SMILES string of the molecule is CC(=O)NS(=O)(=O)c1ccc(NC(=O)c2ccc3c(c2)OCO3)cc1. The number of benzene rings is 2. The summed E-state index contributed by atoms with van der Waals surface area (Å²) in [6.07, 6.45) is 0. The van der Waals surface area contributed by atoms with Gasteiger partial charge in [0.25, 0.3) is 15.9 Å². The molecular weight excluding hydrogens is 348 g/mol. The molecule has 1 aliphatic rings. The highest BCUT2D eigenvalue weighted by Gasteiger charge is 2.17. The van der Waals surface area contributed by atoms with Crippen LogP contribution in [0.15, 0.2) is 47.4 Å². The van der Waals surface area contributed by atoms with Gasteiger partial charge in [0.05, 0.1) is 4.90 Å². The Morgan fingerprint density at radius 2 is 1.68 bits per heavy atom. The molecule has 0 bridgehead atoms. The number of fused-ring (bicyclic) bond motifs is 1. The molecule has 0 saturated heterocycles. The highest BCUT2D eigenvalue weighted by Crippen LogP contribution is 2.32. The number of carbonyl (C=O) groups excluding carboxylic acids is 2. The van der Waals surface area contributed by atoms with Gasteiger partial charge < -0.3 is 14.8 Å². The van der Waals surface area contributed by atoms with Crippen LogP contribution in [0.25, 0.3) is 0 Å². The third-order valence-corrected chi connectivity index (χ3v) is 4.78. The summed E-state index contributed by atoms with van der Waals surface area (Å²) in [6, 6.07) is 10.2. The molecule has 3 rings (SSSR count). The van der Waals surface area contributed by atoms with Crippen LogP contribution < -0.4 is 19.5 Å². The Hall–Kier alpha value is -3.07. The summed E-state index contributed by atoms with van der Waals surface area (Å²) in [6.45, 7) is 1.22. The van der Waals surface area contributed by atoms with Gasteiger partial charge in [-0.25, -0.2) is 13.1 Å². The van der Waals surface area contributed by atoms with Crippen molar-refractivity contribution < 1.29 is 27.5 Å². The van der Waals surface area contributed by atoms with E-state index < -0.39 is 15.9 Å². The second kappa shape index (κ2) is 6.44. The van der Waals surface area contributed by atoms with Crippen molar-refractivity contribution in [2.75, 3.05) is 12.1 Å². The van der Waals surface area contributed by atoms with Crippen LogP contribution in [0.2, 0.25) is 0 Å². The normalized spacial score (nSPS) is 12.5. The molecule has 0 saturated carbocycles. The summed E-state index contributed by atoms with van der Waals surface area (Å²) < 4.78 is 36.0. The molecular formula is C16H14N2O6S. The van der Waals surface area contributed by atoms with E-state index in [2.05, 4.69) is 5.32 Å².